The van der Waals surface area contributed by atoms with Crippen LogP contribution in [0.2, 0.25) is 5.02 Å². The molecule has 0 bridgehead atoms. The Morgan fingerprint density at radius 1 is 0.903 bits per heavy atom. The molecule has 0 saturated heterocycles. The fourth-order valence-electron chi connectivity index (χ4n) is 3.79. The summed E-state index contributed by atoms with van der Waals surface area (Å²) < 4.78 is 5.51. The summed E-state index contributed by atoms with van der Waals surface area (Å²) in [6.07, 6.45) is 0. The van der Waals surface area contributed by atoms with E-state index in [1.54, 1.807) is 43.5 Å². The van der Waals surface area contributed by atoms with E-state index in [0.717, 1.165) is 5.69 Å². The van der Waals surface area contributed by atoms with Crippen molar-refractivity contribution in [3.05, 3.63) is 95.1 Å². The molecule has 1 aliphatic heterocycles. The first-order valence-electron chi connectivity index (χ1n) is 9.91. The molecule has 4 rings (SSSR count). The number of para-hydroxylation sites is 2. The van der Waals surface area contributed by atoms with Gasteiger partial charge in [-0.1, -0.05) is 54.1 Å². The molecule has 0 aromatic heterocycles. The largest absolute Gasteiger partial charge is 0.496 e. The predicted molar refractivity (Wildman–Crippen MR) is 123 cm³/mol. The fraction of sp³-hybridized carbons (Fsp3) is 0.120. The number of amides is 2. The van der Waals surface area contributed by atoms with Gasteiger partial charge in [-0.25, -0.2) is 4.90 Å². The van der Waals surface area contributed by atoms with Crippen LogP contribution in [0.25, 0.3) is 5.57 Å². The van der Waals surface area contributed by atoms with Crippen LogP contribution in [0.1, 0.15) is 12.5 Å². The highest BCUT2D eigenvalue weighted by molar-refractivity contribution is 6.46. The molecule has 31 heavy (non-hydrogen) atoms. The maximum Gasteiger partial charge on any atom is 0.282 e. The van der Waals surface area contributed by atoms with E-state index >= 15 is 0 Å². The Labute approximate surface area is 186 Å². The van der Waals surface area contributed by atoms with Crippen LogP contribution in [0.5, 0.6) is 5.75 Å². The smallest absolute Gasteiger partial charge is 0.282 e. The molecule has 0 unspecified atom stereocenters. The average molecular weight is 433 g/mol. The molecular formula is C25H21ClN2O3. The molecule has 156 valence electrons. The first kappa shape index (κ1) is 20.7. The van der Waals surface area contributed by atoms with Crippen molar-refractivity contribution in [2.75, 3.05) is 23.5 Å². The third-order valence-corrected chi connectivity index (χ3v) is 5.39. The number of anilines is 2. The van der Waals surface area contributed by atoms with Crippen molar-refractivity contribution in [1.29, 1.82) is 0 Å². The van der Waals surface area contributed by atoms with E-state index in [9.17, 15) is 9.59 Å². The number of methoxy groups -OCH3 is 1. The number of likely N-dealkylation sites (N-methyl/N-ethyl adjacent to an activating group) is 1. The van der Waals surface area contributed by atoms with E-state index in [2.05, 4.69) is 0 Å². The van der Waals surface area contributed by atoms with Gasteiger partial charge in [0.2, 0.25) is 0 Å². The molecule has 1 heterocycles. The SMILES string of the molecule is CCN(C1=C(c2ccccc2OC)C(=O)N(c2cccc(Cl)c2)C1=O)c1ccccc1. The molecule has 3 aromatic carbocycles. The quantitative estimate of drug-likeness (QED) is 0.505. The number of carbonyl (C=O) groups is 2. The van der Waals surface area contributed by atoms with Crippen LogP contribution in [-0.2, 0) is 9.59 Å². The number of benzene rings is 3. The summed E-state index contributed by atoms with van der Waals surface area (Å²) in [6.45, 7) is 2.44. The average Bonchev–Trinajstić information content (AvgIpc) is 3.05. The second-order valence-corrected chi connectivity index (χ2v) is 7.37. The minimum atomic E-state index is -0.416. The van der Waals surface area contributed by atoms with Crippen LogP contribution in [-0.4, -0.2) is 25.5 Å². The van der Waals surface area contributed by atoms with Gasteiger partial charge >= 0.3 is 0 Å². The Kier molecular flexibility index (Phi) is 5.78. The minimum absolute atomic E-state index is 0.299. The number of imide groups is 1. The van der Waals surface area contributed by atoms with Crippen LogP contribution in [0.15, 0.2) is 84.6 Å². The molecule has 0 N–H and O–H groups in total. The van der Waals surface area contributed by atoms with Crippen molar-refractivity contribution in [3.63, 3.8) is 0 Å². The van der Waals surface area contributed by atoms with Gasteiger partial charge in [-0.3, -0.25) is 9.59 Å². The maximum atomic E-state index is 13.7. The summed E-state index contributed by atoms with van der Waals surface area (Å²) in [5.41, 5.74) is 2.42. The van der Waals surface area contributed by atoms with Crippen LogP contribution in [0.3, 0.4) is 0 Å². The Morgan fingerprint density at radius 3 is 2.29 bits per heavy atom. The highest BCUT2D eigenvalue weighted by Gasteiger charge is 2.43. The molecule has 0 saturated carbocycles. The normalized spacial score (nSPS) is 13.7. The zero-order valence-electron chi connectivity index (χ0n) is 17.2. The van der Waals surface area contributed by atoms with Gasteiger partial charge in [-0.2, -0.15) is 0 Å². The van der Waals surface area contributed by atoms with E-state index < -0.39 is 11.8 Å². The molecular weight excluding hydrogens is 412 g/mol. The highest BCUT2D eigenvalue weighted by atomic mass is 35.5. The van der Waals surface area contributed by atoms with Gasteiger partial charge in [0.05, 0.1) is 18.4 Å². The second-order valence-electron chi connectivity index (χ2n) is 6.93. The van der Waals surface area contributed by atoms with Crippen molar-refractivity contribution in [1.82, 2.24) is 0 Å². The molecule has 1 aliphatic rings. The molecule has 5 nitrogen and oxygen atoms in total. The third kappa shape index (κ3) is 3.68. The van der Waals surface area contributed by atoms with Crippen molar-refractivity contribution in [2.45, 2.75) is 6.92 Å². The van der Waals surface area contributed by atoms with Crippen molar-refractivity contribution < 1.29 is 14.3 Å². The number of ether oxygens (including phenoxy) is 1. The summed E-state index contributed by atoms with van der Waals surface area (Å²) in [5, 5.41) is 0.445. The lowest BCUT2D eigenvalue weighted by atomic mass is 10.0. The lowest BCUT2D eigenvalue weighted by molar-refractivity contribution is -0.120. The van der Waals surface area contributed by atoms with Gasteiger partial charge in [0.25, 0.3) is 11.8 Å². The van der Waals surface area contributed by atoms with E-state index in [1.807, 2.05) is 54.3 Å². The molecule has 2 amide bonds. The van der Waals surface area contributed by atoms with E-state index in [-0.39, 0.29) is 0 Å². The molecule has 0 radical (unpaired) electrons. The lowest BCUT2D eigenvalue weighted by Gasteiger charge is -2.25. The number of hydrogen-bond donors (Lipinski definition) is 0. The monoisotopic (exact) mass is 432 g/mol. The Bertz CT molecular complexity index is 1170. The van der Waals surface area contributed by atoms with Gasteiger partial charge in [0.1, 0.15) is 11.4 Å². The van der Waals surface area contributed by atoms with E-state index in [0.29, 0.717) is 39.8 Å². The van der Waals surface area contributed by atoms with Gasteiger partial charge in [0.15, 0.2) is 0 Å². The zero-order chi connectivity index (χ0) is 22.0. The zero-order valence-corrected chi connectivity index (χ0v) is 18.0. The predicted octanol–water partition coefficient (Wildman–Crippen LogP) is 5.16. The standard InChI is InChI=1S/C25H21ClN2O3/c1-3-27(18-11-5-4-6-12-18)23-22(20-14-7-8-15-21(20)31-2)24(29)28(25(23)30)19-13-9-10-17(26)16-19/h4-16H,3H2,1-2H3. The van der Waals surface area contributed by atoms with Crippen molar-refractivity contribution >= 4 is 40.4 Å². The van der Waals surface area contributed by atoms with Gasteiger partial charge in [-0.05, 0) is 43.3 Å². The fourth-order valence-corrected chi connectivity index (χ4v) is 3.97. The van der Waals surface area contributed by atoms with Gasteiger partial charge in [0, 0.05) is 22.8 Å². The number of hydrogen-bond acceptors (Lipinski definition) is 4. The van der Waals surface area contributed by atoms with Crippen LogP contribution in [0.4, 0.5) is 11.4 Å². The second kappa shape index (κ2) is 8.66. The molecule has 0 spiro atoms. The molecule has 0 aliphatic carbocycles. The first-order valence-corrected chi connectivity index (χ1v) is 10.3. The Morgan fingerprint density at radius 2 is 1.61 bits per heavy atom. The van der Waals surface area contributed by atoms with Crippen molar-refractivity contribution in [2.24, 2.45) is 0 Å². The molecule has 6 heteroatoms. The minimum Gasteiger partial charge on any atom is -0.496 e. The number of halogens is 1. The number of carbonyl (C=O) groups excluding carboxylic acids is 2. The maximum absolute atomic E-state index is 13.7. The Balaban J connectivity index is 1.95. The number of rotatable bonds is 6. The van der Waals surface area contributed by atoms with Crippen molar-refractivity contribution in [3.8, 4) is 5.75 Å². The molecule has 3 aromatic rings. The van der Waals surface area contributed by atoms with E-state index in [1.165, 1.54) is 4.90 Å². The molecule has 0 fully saturated rings. The van der Waals surface area contributed by atoms with Crippen LogP contribution in [0, 0.1) is 0 Å². The van der Waals surface area contributed by atoms with Gasteiger partial charge < -0.3 is 9.64 Å². The first-order chi connectivity index (χ1) is 15.1. The van der Waals surface area contributed by atoms with Crippen LogP contribution < -0.4 is 14.5 Å². The lowest BCUT2D eigenvalue weighted by Crippen LogP contribution is -2.35. The summed E-state index contributed by atoms with van der Waals surface area (Å²) in [5.74, 6) is -0.298. The summed E-state index contributed by atoms with van der Waals surface area (Å²) >= 11 is 6.15. The third-order valence-electron chi connectivity index (χ3n) is 5.16. The number of nitrogens with zero attached hydrogens (tertiary/aromatic N) is 2. The topological polar surface area (TPSA) is 49.9 Å². The Hall–Kier alpha value is -3.57. The highest BCUT2D eigenvalue weighted by Crippen LogP contribution is 2.39. The summed E-state index contributed by atoms with van der Waals surface area (Å²) in [7, 11) is 1.55. The van der Waals surface area contributed by atoms with Gasteiger partial charge in [-0.15, -0.1) is 0 Å². The van der Waals surface area contributed by atoms with Crippen LogP contribution >= 0.6 is 11.6 Å². The van der Waals surface area contributed by atoms with E-state index in [4.69, 9.17) is 16.3 Å². The molecule has 0 atom stereocenters. The summed E-state index contributed by atoms with van der Waals surface area (Å²) in [6, 6.07) is 23.5. The summed E-state index contributed by atoms with van der Waals surface area (Å²) in [4.78, 5) is 30.4.